The normalized spacial score (nSPS) is 10.1. The van der Waals surface area contributed by atoms with Crippen LogP contribution < -0.4 is 0 Å². The topological polar surface area (TPSA) is 52.3 Å². The Balaban J connectivity index is 1.97. The molecule has 0 amide bonds. The average molecular weight is 217 g/mol. The number of nitrogens with zero attached hydrogens (tertiary/aromatic N) is 1. The smallest absolute Gasteiger partial charge is 0.374 e. The summed E-state index contributed by atoms with van der Waals surface area (Å²) < 4.78 is 10.1. The number of carbonyl (C=O) groups excluding carboxylic acids is 1. The van der Waals surface area contributed by atoms with Gasteiger partial charge in [0, 0.05) is 11.8 Å². The van der Waals surface area contributed by atoms with Crippen LogP contribution in [0.2, 0.25) is 0 Å². The minimum atomic E-state index is -0.465. The SMILES string of the molecule is Cc1ccoc1C(=O)OCc1ccccn1. The molecule has 0 spiro atoms. The van der Waals surface area contributed by atoms with Gasteiger partial charge in [-0.05, 0) is 25.1 Å². The molecule has 82 valence electrons. The van der Waals surface area contributed by atoms with E-state index in [1.165, 1.54) is 6.26 Å². The van der Waals surface area contributed by atoms with Crippen molar-refractivity contribution in [2.24, 2.45) is 0 Å². The number of hydrogen-bond donors (Lipinski definition) is 0. The fraction of sp³-hybridized carbons (Fsp3) is 0.167. The predicted molar refractivity (Wildman–Crippen MR) is 56.8 cm³/mol. The van der Waals surface area contributed by atoms with Crippen molar-refractivity contribution in [3.63, 3.8) is 0 Å². The Kier molecular flexibility index (Phi) is 3.00. The van der Waals surface area contributed by atoms with Gasteiger partial charge < -0.3 is 9.15 Å². The lowest BCUT2D eigenvalue weighted by Gasteiger charge is -2.02. The summed E-state index contributed by atoms with van der Waals surface area (Å²) in [5.74, 6) is -0.218. The zero-order valence-electron chi connectivity index (χ0n) is 8.84. The van der Waals surface area contributed by atoms with Crippen molar-refractivity contribution < 1.29 is 13.9 Å². The number of aromatic nitrogens is 1. The van der Waals surface area contributed by atoms with Gasteiger partial charge in [0.2, 0.25) is 5.76 Å². The Morgan fingerprint density at radius 1 is 1.44 bits per heavy atom. The van der Waals surface area contributed by atoms with E-state index in [2.05, 4.69) is 4.98 Å². The first-order valence-corrected chi connectivity index (χ1v) is 4.88. The molecule has 4 nitrogen and oxygen atoms in total. The van der Waals surface area contributed by atoms with Gasteiger partial charge in [0.1, 0.15) is 6.61 Å². The quantitative estimate of drug-likeness (QED) is 0.740. The molecular weight excluding hydrogens is 206 g/mol. The lowest BCUT2D eigenvalue weighted by molar-refractivity contribution is 0.0430. The molecule has 16 heavy (non-hydrogen) atoms. The molecule has 2 rings (SSSR count). The van der Waals surface area contributed by atoms with Gasteiger partial charge in [0.25, 0.3) is 0 Å². The lowest BCUT2D eigenvalue weighted by Crippen LogP contribution is -2.06. The Bertz CT molecular complexity index is 476. The van der Waals surface area contributed by atoms with Crippen LogP contribution in [-0.2, 0) is 11.3 Å². The van der Waals surface area contributed by atoms with Gasteiger partial charge in [-0.25, -0.2) is 4.79 Å². The molecule has 2 heterocycles. The van der Waals surface area contributed by atoms with Gasteiger partial charge in [-0.3, -0.25) is 4.98 Å². The van der Waals surface area contributed by atoms with Crippen molar-refractivity contribution in [2.45, 2.75) is 13.5 Å². The van der Waals surface area contributed by atoms with Crippen LogP contribution in [0.25, 0.3) is 0 Å². The second-order valence-corrected chi connectivity index (χ2v) is 3.33. The summed E-state index contributed by atoms with van der Waals surface area (Å²) in [5.41, 5.74) is 1.48. The van der Waals surface area contributed by atoms with Gasteiger partial charge in [-0.1, -0.05) is 6.07 Å². The third-order valence-electron chi connectivity index (χ3n) is 2.12. The highest BCUT2D eigenvalue weighted by Gasteiger charge is 2.14. The number of furan rings is 1. The summed E-state index contributed by atoms with van der Waals surface area (Å²) in [4.78, 5) is 15.6. The third-order valence-corrected chi connectivity index (χ3v) is 2.12. The van der Waals surface area contributed by atoms with Crippen molar-refractivity contribution >= 4 is 5.97 Å². The van der Waals surface area contributed by atoms with E-state index >= 15 is 0 Å². The standard InChI is InChI=1S/C12H11NO3/c1-9-5-7-15-11(9)12(14)16-8-10-4-2-3-6-13-10/h2-7H,8H2,1H3. The van der Waals surface area contributed by atoms with Crippen molar-refractivity contribution in [2.75, 3.05) is 0 Å². The minimum Gasteiger partial charge on any atom is -0.457 e. The van der Waals surface area contributed by atoms with E-state index in [-0.39, 0.29) is 12.4 Å². The largest absolute Gasteiger partial charge is 0.457 e. The highest BCUT2D eigenvalue weighted by molar-refractivity contribution is 5.87. The molecule has 0 fully saturated rings. The van der Waals surface area contributed by atoms with E-state index in [9.17, 15) is 4.79 Å². The van der Waals surface area contributed by atoms with E-state index in [1.54, 1.807) is 25.3 Å². The number of aryl methyl sites for hydroxylation is 1. The van der Waals surface area contributed by atoms with Crippen LogP contribution >= 0.6 is 0 Å². The molecule has 0 atom stereocenters. The number of ether oxygens (including phenoxy) is 1. The van der Waals surface area contributed by atoms with Crippen molar-refractivity contribution in [3.05, 3.63) is 53.7 Å². The third kappa shape index (κ3) is 2.28. The second-order valence-electron chi connectivity index (χ2n) is 3.33. The monoisotopic (exact) mass is 217 g/mol. The van der Waals surface area contributed by atoms with E-state index in [4.69, 9.17) is 9.15 Å². The summed E-state index contributed by atoms with van der Waals surface area (Å²) in [7, 11) is 0. The maximum atomic E-state index is 11.6. The minimum absolute atomic E-state index is 0.153. The molecule has 0 aromatic carbocycles. The number of carbonyl (C=O) groups is 1. The van der Waals surface area contributed by atoms with Gasteiger partial charge in [-0.2, -0.15) is 0 Å². The summed E-state index contributed by atoms with van der Waals surface area (Å²) >= 11 is 0. The molecule has 2 aromatic rings. The second kappa shape index (κ2) is 4.61. The summed E-state index contributed by atoms with van der Waals surface area (Å²) in [6.45, 7) is 1.95. The molecule has 2 aromatic heterocycles. The average Bonchev–Trinajstić information content (AvgIpc) is 2.74. The van der Waals surface area contributed by atoms with E-state index in [0.29, 0.717) is 5.69 Å². The van der Waals surface area contributed by atoms with Gasteiger partial charge in [-0.15, -0.1) is 0 Å². The van der Waals surface area contributed by atoms with Crippen LogP contribution in [-0.4, -0.2) is 11.0 Å². The fourth-order valence-electron chi connectivity index (χ4n) is 1.27. The molecule has 0 aliphatic carbocycles. The molecule has 0 saturated carbocycles. The number of hydrogen-bond acceptors (Lipinski definition) is 4. The first-order valence-electron chi connectivity index (χ1n) is 4.88. The molecule has 0 saturated heterocycles. The molecule has 0 bridgehead atoms. The van der Waals surface area contributed by atoms with Crippen LogP contribution in [0.3, 0.4) is 0 Å². The molecule has 4 heteroatoms. The Morgan fingerprint density at radius 3 is 2.94 bits per heavy atom. The Labute approximate surface area is 92.9 Å². The maximum Gasteiger partial charge on any atom is 0.374 e. The van der Waals surface area contributed by atoms with Crippen molar-refractivity contribution in [3.8, 4) is 0 Å². The molecule has 0 N–H and O–H groups in total. The summed E-state index contributed by atoms with van der Waals surface area (Å²) in [6.07, 6.45) is 3.12. The van der Waals surface area contributed by atoms with Gasteiger partial charge in [0.05, 0.1) is 12.0 Å². The van der Waals surface area contributed by atoms with Gasteiger partial charge in [0.15, 0.2) is 0 Å². The van der Waals surface area contributed by atoms with E-state index < -0.39 is 5.97 Å². The predicted octanol–water partition coefficient (Wildman–Crippen LogP) is 2.34. The maximum absolute atomic E-state index is 11.6. The van der Waals surface area contributed by atoms with Crippen molar-refractivity contribution in [1.82, 2.24) is 4.98 Å². The van der Waals surface area contributed by atoms with E-state index in [0.717, 1.165) is 5.56 Å². The van der Waals surface area contributed by atoms with Crippen LogP contribution in [0.15, 0.2) is 41.1 Å². The van der Waals surface area contributed by atoms with Crippen LogP contribution in [0.4, 0.5) is 0 Å². The molecular formula is C12H11NO3. The van der Waals surface area contributed by atoms with Crippen molar-refractivity contribution in [1.29, 1.82) is 0 Å². The molecule has 0 aliphatic heterocycles. The van der Waals surface area contributed by atoms with Crippen LogP contribution in [0.1, 0.15) is 21.8 Å². The molecule has 0 aliphatic rings. The first-order chi connectivity index (χ1) is 7.77. The summed E-state index contributed by atoms with van der Waals surface area (Å²) in [6, 6.07) is 7.16. The molecule has 0 radical (unpaired) electrons. The number of pyridine rings is 1. The highest BCUT2D eigenvalue weighted by atomic mass is 16.5. The zero-order chi connectivity index (χ0) is 11.4. The molecule has 0 unspecified atom stereocenters. The number of esters is 1. The number of rotatable bonds is 3. The fourth-order valence-corrected chi connectivity index (χ4v) is 1.27. The van der Waals surface area contributed by atoms with Gasteiger partial charge >= 0.3 is 5.97 Å². The lowest BCUT2D eigenvalue weighted by atomic mass is 10.3. The Morgan fingerprint density at radius 2 is 2.31 bits per heavy atom. The van der Waals surface area contributed by atoms with E-state index in [1.807, 2.05) is 12.1 Å². The van der Waals surface area contributed by atoms with Crippen LogP contribution in [0, 0.1) is 6.92 Å². The highest BCUT2D eigenvalue weighted by Crippen LogP contribution is 2.11. The zero-order valence-corrected chi connectivity index (χ0v) is 8.84. The first kappa shape index (κ1) is 10.4. The van der Waals surface area contributed by atoms with Crippen LogP contribution in [0.5, 0.6) is 0 Å². The summed E-state index contributed by atoms with van der Waals surface area (Å²) in [5, 5.41) is 0. The Hall–Kier alpha value is -2.10.